The number of hydrogen-bond acceptors (Lipinski definition) is 4. The van der Waals surface area contributed by atoms with Crippen LogP contribution in [0.5, 0.6) is 0 Å². The number of oxazole rings is 1. The molecule has 116 valence electrons. The number of piperidine rings is 1. The fourth-order valence-electron chi connectivity index (χ4n) is 3.33. The van der Waals surface area contributed by atoms with E-state index >= 15 is 0 Å². The molecule has 1 aliphatic carbocycles. The van der Waals surface area contributed by atoms with Crippen LogP contribution in [0.25, 0.3) is 11.3 Å². The standard InChI is InChI=1S/C16H18N2O3S/c1-11-17-16(15(21-11)12-6-3-2-4-7-12)22(19,20)18-9-5-8-13-10-14(13)18/h2-4,6-7,13-14H,5,8-10H2,1H3. The van der Waals surface area contributed by atoms with Crippen LogP contribution in [-0.2, 0) is 10.0 Å². The maximum Gasteiger partial charge on any atom is 0.264 e. The Kier molecular flexibility index (Phi) is 3.13. The molecule has 1 aromatic carbocycles. The molecule has 2 fully saturated rings. The van der Waals surface area contributed by atoms with Gasteiger partial charge in [0.2, 0.25) is 5.03 Å². The van der Waals surface area contributed by atoms with Crippen molar-refractivity contribution in [2.75, 3.05) is 6.54 Å². The topological polar surface area (TPSA) is 63.4 Å². The smallest absolute Gasteiger partial charge is 0.264 e. The summed E-state index contributed by atoms with van der Waals surface area (Å²) in [4.78, 5) is 4.19. The van der Waals surface area contributed by atoms with E-state index < -0.39 is 10.0 Å². The average Bonchev–Trinajstić information content (AvgIpc) is 3.21. The number of benzene rings is 1. The lowest BCUT2D eigenvalue weighted by molar-refractivity contribution is 0.333. The van der Waals surface area contributed by atoms with E-state index in [0.717, 1.165) is 24.8 Å². The zero-order chi connectivity index (χ0) is 15.3. The highest BCUT2D eigenvalue weighted by atomic mass is 32.2. The summed E-state index contributed by atoms with van der Waals surface area (Å²) >= 11 is 0. The van der Waals surface area contributed by atoms with E-state index in [1.165, 1.54) is 0 Å². The summed E-state index contributed by atoms with van der Waals surface area (Å²) in [5.41, 5.74) is 0.742. The van der Waals surface area contributed by atoms with Crippen molar-refractivity contribution in [3.8, 4) is 11.3 Å². The molecule has 2 aliphatic rings. The van der Waals surface area contributed by atoms with Crippen LogP contribution < -0.4 is 0 Å². The van der Waals surface area contributed by atoms with Gasteiger partial charge in [0, 0.05) is 25.1 Å². The molecule has 0 amide bonds. The summed E-state index contributed by atoms with van der Waals surface area (Å²) in [6, 6.07) is 9.47. The molecule has 1 saturated carbocycles. The van der Waals surface area contributed by atoms with Gasteiger partial charge in [-0.3, -0.25) is 0 Å². The molecule has 1 aromatic heterocycles. The predicted molar refractivity (Wildman–Crippen MR) is 81.7 cm³/mol. The minimum Gasteiger partial charge on any atom is -0.440 e. The SMILES string of the molecule is Cc1nc(S(=O)(=O)N2CCCC3CC32)c(-c2ccccc2)o1. The summed E-state index contributed by atoms with van der Waals surface area (Å²) in [5, 5.41) is 0.0590. The Bertz CT molecular complexity index is 798. The van der Waals surface area contributed by atoms with E-state index in [1.807, 2.05) is 30.3 Å². The number of rotatable bonds is 3. The van der Waals surface area contributed by atoms with E-state index in [2.05, 4.69) is 4.98 Å². The number of hydrogen-bond donors (Lipinski definition) is 0. The first-order valence-corrected chi connectivity index (χ1v) is 9.06. The van der Waals surface area contributed by atoms with Gasteiger partial charge in [0.05, 0.1) is 0 Å². The molecule has 1 saturated heterocycles. The first-order valence-electron chi connectivity index (χ1n) is 7.62. The second-order valence-electron chi connectivity index (χ2n) is 6.05. The summed E-state index contributed by atoms with van der Waals surface area (Å²) in [5.74, 6) is 1.26. The summed E-state index contributed by atoms with van der Waals surface area (Å²) in [7, 11) is -3.60. The van der Waals surface area contributed by atoms with Gasteiger partial charge in [0.1, 0.15) is 0 Å². The van der Waals surface area contributed by atoms with Gasteiger partial charge in [0.15, 0.2) is 11.7 Å². The average molecular weight is 318 g/mol. The lowest BCUT2D eigenvalue weighted by Crippen LogP contribution is -2.37. The third-order valence-electron chi connectivity index (χ3n) is 4.50. The van der Waals surface area contributed by atoms with Crippen LogP contribution in [0.3, 0.4) is 0 Å². The van der Waals surface area contributed by atoms with Crippen LogP contribution in [0.15, 0.2) is 39.8 Å². The van der Waals surface area contributed by atoms with Gasteiger partial charge in [-0.2, -0.15) is 4.31 Å². The van der Waals surface area contributed by atoms with E-state index in [4.69, 9.17) is 4.42 Å². The minimum atomic E-state index is -3.60. The van der Waals surface area contributed by atoms with Crippen LogP contribution in [0.1, 0.15) is 25.2 Å². The summed E-state index contributed by atoms with van der Waals surface area (Å²) in [6.45, 7) is 2.27. The Hall–Kier alpha value is -1.66. The first kappa shape index (κ1) is 14.0. The predicted octanol–water partition coefficient (Wildman–Crippen LogP) is 2.82. The van der Waals surface area contributed by atoms with Crippen LogP contribution in [0.4, 0.5) is 0 Å². The van der Waals surface area contributed by atoms with E-state index in [1.54, 1.807) is 11.2 Å². The summed E-state index contributed by atoms with van der Waals surface area (Å²) < 4.78 is 33.3. The quantitative estimate of drug-likeness (QED) is 0.873. The van der Waals surface area contributed by atoms with Gasteiger partial charge in [-0.15, -0.1) is 0 Å². The molecule has 2 atom stereocenters. The molecule has 0 bridgehead atoms. The van der Waals surface area contributed by atoms with Crippen molar-refractivity contribution in [2.24, 2.45) is 5.92 Å². The van der Waals surface area contributed by atoms with E-state index in [9.17, 15) is 8.42 Å². The number of fused-ring (bicyclic) bond motifs is 1. The van der Waals surface area contributed by atoms with Gasteiger partial charge in [-0.25, -0.2) is 13.4 Å². The van der Waals surface area contributed by atoms with Crippen molar-refractivity contribution < 1.29 is 12.8 Å². The lowest BCUT2D eigenvalue weighted by atomic mass is 10.2. The van der Waals surface area contributed by atoms with Crippen LogP contribution in [-0.4, -0.2) is 30.3 Å². The Morgan fingerprint density at radius 3 is 2.82 bits per heavy atom. The largest absolute Gasteiger partial charge is 0.440 e. The molecular weight excluding hydrogens is 300 g/mol. The molecular formula is C16H18N2O3S. The van der Waals surface area contributed by atoms with Gasteiger partial charge in [-0.05, 0) is 25.2 Å². The zero-order valence-electron chi connectivity index (χ0n) is 12.4. The second kappa shape index (κ2) is 4.93. The summed E-state index contributed by atoms with van der Waals surface area (Å²) in [6.07, 6.45) is 3.05. The molecule has 22 heavy (non-hydrogen) atoms. The van der Waals surface area contributed by atoms with Crippen molar-refractivity contribution in [1.82, 2.24) is 9.29 Å². The molecule has 2 unspecified atom stereocenters. The normalized spacial score (nSPS) is 25.0. The molecule has 2 heterocycles. The van der Waals surface area contributed by atoms with Crippen molar-refractivity contribution in [2.45, 2.75) is 37.3 Å². The maximum absolute atomic E-state index is 13.0. The number of sulfonamides is 1. The van der Waals surface area contributed by atoms with E-state index in [-0.39, 0.29) is 11.1 Å². The highest BCUT2D eigenvalue weighted by Gasteiger charge is 2.50. The van der Waals surface area contributed by atoms with Crippen LogP contribution in [0, 0.1) is 12.8 Å². The Morgan fingerprint density at radius 1 is 1.27 bits per heavy atom. The van der Waals surface area contributed by atoms with Crippen molar-refractivity contribution in [3.63, 3.8) is 0 Å². The van der Waals surface area contributed by atoms with Crippen molar-refractivity contribution >= 4 is 10.0 Å². The number of nitrogens with zero attached hydrogens (tertiary/aromatic N) is 2. The molecule has 5 nitrogen and oxygen atoms in total. The first-order chi connectivity index (χ1) is 10.6. The maximum atomic E-state index is 13.0. The highest BCUT2D eigenvalue weighted by Crippen LogP contribution is 2.46. The molecule has 0 N–H and O–H groups in total. The lowest BCUT2D eigenvalue weighted by Gasteiger charge is -2.25. The number of aryl methyl sites for hydroxylation is 1. The Labute approximate surface area is 130 Å². The second-order valence-corrected chi connectivity index (χ2v) is 7.86. The molecule has 4 rings (SSSR count). The third-order valence-corrected chi connectivity index (χ3v) is 6.34. The van der Waals surface area contributed by atoms with Crippen LogP contribution >= 0.6 is 0 Å². The van der Waals surface area contributed by atoms with E-state index in [0.29, 0.717) is 24.1 Å². The van der Waals surface area contributed by atoms with Crippen molar-refractivity contribution in [3.05, 3.63) is 36.2 Å². The zero-order valence-corrected chi connectivity index (χ0v) is 13.2. The fraction of sp³-hybridized carbons (Fsp3) is 0.438. The van der Waals surface area contributed by atoms with Gasteiger partial charge in [-0.1, -0.05) is 30.3 Å². The fourth-order valence-corrected chi connectivity index (χ4v) is 5.18. The molecule has 1 aliphatic heterocycles. The van der Waals surface area contributed by atoms with Gasteiger partial charge >= 0.3 is 0 Å². The molecule has 0 spiro atoms. The monoisotopic (exact) mass is 318 g/mol. The van der Waals surface area contributed by atoms with Crippen LogP contribution in [0.2, 0.25) is 0 Å². The highest BCUT2D eigenvalue weighted by molar-refractivity contribution is 7.89. The van der Waals surface area contributed by atoms with Crippen molar-refractivity contribution in [1.29, 1.82) is 0 Å². The van der Waals surface area contributed by atoms with Gasteiger partial charge in [0.25, 0.3) is 10.0 Å². The molecule has 6 heteroatoms. The third kappa shape index (κ3) is 2.18. The number of aromatic nitrogens is 1. The van der Waals surface area contributed by atoms with Gasteiger partial charge < -0.3 is 4.42 Å². The molecule has 0 radical (unpaired) electrons. The Balaban J connectivity index is 1.79. The Morgan fingerprint density at radius 2 is 2.05 bits per heavy atom. The minimum absolute atomic E-state index is 0.0590. The molecule has 2 aromatic rings.